The van der Waals surface area contributed by atoms with Crippen LogP contribution >= 0.6 is 0 Å². The Morgan fingerprint density at radius 2 is 2.00 bits per heavy atom. The van der Waals surface area contributed by atoms with Crippen molar-refractivity contribution in [3.8, 4) is 5.69 Å². The zero-order valence-corrected chi connectivity index (χ0v) is 14.2. The van der Waals surface area contributed by atoms with Gasteiger partial charge in [-0.25, -0.2) is 9.07 Å². The molecule has 0 atom stereocenters. The molecule has 27 heavy (non-hydrogen) atoms. The highest BCUT2D eigenvalue weighted by atomic mass is 19.4. The van der Waals surface area contributed by atoms with Gasteiger partial charge in [-0.1, -0.05) is 0 Å². The summed E-state index contributed by atoms with van der Waals surface area (Å²) in [5.74, 6) is -0.914. The lowest BCUT2D eigenvalue weighted by Gasteiger charge is -2.10. The second-order valence-corrected chi connectivity index (χ2v) is 6.50. The highest BCUT2D eigenvalue weighted by Crippen LogP contribution is 2.31. The summed E-state index contributed by atoms with van der Waals surface area (Å²) < 4.78 is 54.0. The van der Waals surface area contributed by atoms with Crippen molar-refractivity contribution >= 4 is 0 Å². The topological polar surface area (TPSA) is 42.7 Å². The normalized spacial score (nSPS) is 14.2. The molecule has 0 bridgehead atoms. The van der Waals surface area contributed by atoms with Crippen LogP contribution in [0.15, 0.2) is 42.7 Å². The lowest BCUT2D eigenvalue weighted by Crippen LogP contribution is -2.22. The lowest BCUT2D eigenvalue weighted by molar-refractivity contribution is -0.137. The van der Waals surface area contributed by atoms with Crippen LogP contribution in [0.5, 0.6) is 0 Å². The van der Waals surface area contributed by atoms with Gasteiger partial charge in [0.05, 0.1) is 16.9 Å². The van der Waals surface area contributed by atoms with Gasteiger partial charge in [0.25, 0.3) is 0 Å². The van der Waals surface area contributed by atoms with Crippen molar-refractivity contribution in [1.82, 2.24) is 20.1 Å². The average molecular weight is 376 g/mol. The van der Waals surface area contributed by atoms with Gasteiger partial charge in [-0.05, 0) is 35.9 Å². The summed E-state index contributed by atoms with van der Waals surface area (Å²) in [5, 5.41) is 7.85. The van der Waals surface area contributed by atoms with Crippen LogP contribution < -0.4 is 5.32 Å². The molecule has 3 aromatic rings. The first-order valence-electron chi connectivity index (χ1n) is 8.48. The van der Waals surface area contributed by atoms with Gasteiger partial charge in [-0.2, -0.15) is 18.3 Å². The van der Waals surface area contributed by atoms with Crippen molar-refractivity contribution in [2.75, 3.05) is 6.54 Å². The van der Waals surface area contributed by atoms with E-state index >= 15 is 0 Å². The highest BCUT2D eigenvalue weighted by Gasteiger charge is 2.31. The first-order valence-corrected chi connectivity index (χ1v) is 8.48. The zero-order valence-electron chi connectivity index (χ0n) is 14.2. The van der Waals surface area contributed by atoms with Gasteiger partial charge in [-0.15, -0.1) is 0 Å². The van der Waals surface area contributed by atoms with E-state index in [0.717, 1.165) is 48.6 Å². The summed E-state index contributed by atoms with van der Waals surface area (Å²) >= 11 is 0. The van der Waals surface area contributed by atoms with Gasteiger partial charge >= 0.3 is 6.18 Å². The van der Waals surface area contributed by atoms with Gasteiger partial charge in [0.1, 0.15) is 5.82 Å². The van der Waals surface area contributed by atoms with E-state index in [1.165, 1.54) is 0 Å². The fourth-order valence-electron chi connectivity index (χ4n) is 3.20. The third kappa shape index (κ3) is 3.85. The number of rotatable bonds is 3. The van der Waals surface area contributed by atoms with Crippen molar-refractivity contribution in [2.24, 2.45) is 0 Å². The standard InChI is InChI=1S/C19H16F4N4/c20-15-6-12(5-14(8-15)19(21,22)23)7-16-9-17(1-4-25-16)27-11-13-10-24-3-2-18(13)26-27/h1,4-6,8-9,11,24H,2-3,7,10H2. The predicted molar refractivity (Wildman–Crippen MR) is 91.0 cm³/mol. The third-order valence-electron chi connectivity index (χ3n) is 4.47. The molecular formula is C19H16F4N4. The predicted octanol–water partition coefficient (Wildman–Crippen LogP) is 3.66. The van der Waals surface area contributed by atoms with E-state index in [1.807, 2.05) is 6.20 Å². The Bertz CT molecular complexity index is 955. The summed E-state index contributed by atoms with van der Waals surface area (Å²) in [4.78, 5) is 4.21. The number of nitrogens with one attached hydrogen (secondary N) is 1. The molecule has 1 aliphatic heterocycles. The molecule has 4 nitrogen and oxygen atoms in total. The second kappa shape index (κ2) is 6.77. The summed E-state index contributed by atoms with van der Waals surface area (Å²) in [5.41, 5.74) is 2.68. The fourth-order valence-corrected chi connectivity index (χ4v) is 3.20. The number of halogens is 4. The maximum absolute atomic E-state index is 13.6. The molecule has 0 unspecified atom stereocenters. The van der Waals surface area contributed by atoms with Gasteiger partial charge < -0.3 is 5.32 Å². The maximum atomic E-state index is 13.6. The van der Waals surface area contributed by atoms with Crippen molar-refractivity contribution in [2.45, 2.75) is 25.6 Å². The lowest BCUT2D eigenvalue weighted by atomic mass is 10.0. The van der Waals surface area contributed by atoms with Crippen LogP contribution in [0.2, 0.25) is 0 Å². The van der Waals surface area contributed by atoms with E-state index in [4.69, 9.17) is 0 Å². The Morgan fingerprint density at radius 3 is 2.78 bits per heavy atom. The highest BCUT2D eigenvalue weighted by molar-refractivity contribution is 5.36. The second-order valence-electron chi connectivity index (χ2n) is 6.50. The number of hydrogen-bond acceptors (Lipinski definition) is 3. The fraction of sp³-hybridized carbons (Fsp3) is 0.263. The van der Waals surface area contributed by atoms with Crippen molar-refractivity contribution in [1.29, 1.82) is 0 Å². The number of aromatic nitrogens is 3. The van der Waals surface area contributed by atoms with Gasteiger partial charge in [-0.3, -0.25) is 4.98 Å². The van der Waals surface area contributed by atoms with Crippen LogP contribution in [0.4, 0.5) is 17.6 Å². The smallest absolute Gasteiger partial charge is 0.312 e. The molecule has 0 radical (unpaired) electrons. The molecule has 0 saturated heterocycles. The number of benzene rings is 1. The number of nitrogens with zero attached hydrogens (tertiary/aromatic N) is 3. The minimum absolute atomic E-state index is 0.0945. The minimum atomic E-state index is -4.59. The molecule has 0 saturated carbocycles. The third-order valence-corrected chi connectivity index (χ3v) is 4.47. The quantitative estimate of drug-likeness (QED) is 0.710. The summed E-state index contributed by atoms with van der Waals surface area (Å²) in [7, 11) is 0. The molecule has 0 spiro atoms. The van der Waals surface area contributed by atoms with E-state index in [0.29, 0.717) is 11.8 Å². The van der Waals surface area contributed by atoms with Crippen LogP contribution in [0, 0.1) is 5.82 Å². The summed E-state index contributed by atoms with van der Waals surface area (Å²) in [6, 6.07) is 6.08. The van der Waals surface area contributed by atoms with E-state index in [1.54, 1.807) is 23.0 Å². The van der Waals surface area contributed by atoms with Crippen molar-refractivity contribution in [3.05, 3.63) is 76.6 Å². The SMILES string of the molecule is Fc1cc(Cc2cc(-n3cc4c(n3)CCNC4)ccn2)cc(C(F)(F)F)c1. The summed E-state index contributed by atoms with van der Waals surface area (Å²) in [6.45, 7) is 1.64. The molecule has 1 aliphatic rings. The number of fused-ring (bicyclic) bond motifs is 1. The van der Waals surface area contributed by atoms with E-state index in [-0.39, 0.29) is 12.0 Å². The number of pyridine rings is 1. The van der Waals surface area contributed by atoms with Gasteiger partial charge in [0, 0.05) is 49.6 Å². The van der Waals surface area contributed by atoms with Crippen LogP contribution in [0.25, 0.3) is 5.69 Å². The van der Waals surface area contributed by atoms with Gasteiger partial charge in [0.15, 0.2) is 0 Å². The largest absolute Gasteiger partial charge is 0.416 e. The van der Waals surface area contributed by atoms with Crippen molar-refractivity contribution in [3.63, 3.8) is 0 Å². The Labute approximate surface area is 152 Å². The number of alkyl halides is 3. The molecule has 2 aromatic heterocycles. The van der Waals surface area contributed by atoms with E-state index in [2.05, 4.69) is 15.4 Å². The minimum Gasteiger partial charge on any atom is -0.312 e. The molecule has 0 fully saturated rings. The van der Waals surface area contributed by atoms with Crippen LogP contribution in [0.1, 0.15) is 28.1 Å². The Kier molecular flexibility index (Phi) is 4.43. The van der Waals surface area contributed by atoms with Crippen LogP contribution in [0.3, 0.4) is 0 Å². The molecule has 140 valence electrons. The molecule has 8 heteroatoms. The van der Waals surface area contributed by atoms with Gasteiger partial charge in [0.2, 0.25) is 0 Å². The Balaban J connectivity index is 1.62. The number of hydrogen-bond donors (Lipinski definition) is 1. The zero-order chi connectivity index (χ0) is 19.0. The van der Waals surface area contributed by atoms with E-state index < -0.39 is 17.6 Å². The first-order chi connectivity index (χ1) is 12.9. The maximum Gasteiger partial charge on any atom is 0.416 e. The Hall–Kier alpha value is -2.74. The van der Waals surface area contributed by atoms with Crippen LogP contribution in [-0.4, -0.2) is 21.3 Å². The Morgan fingerprint density at radius 1 is 1.15 bits per heavy atom. The summed E-state index contributed by atoms with van der Waals surface area (Å²) in [6.07, 6.45) is -0.132. The average Bonchev–Trinajstić information content (AvgIpc) is 3.05. The molecule has 0 aliphatic carbocycles. The monoisotopic (exact) mass is 376 g/mol. The molecule has 3 heterocycles. The van der Waals surface area contributed by atoms with Crippen LogP contribution in [-0.2, 0) is 25.6 Å². The van der Waals surface area contributed by atoms with Crippen molar-refractivity contribution < 1.29 is 17.6 Å². The molecule has 4 rings (SSSR count). The molecule has 1 aromatic carbocycles. The van der Waals surface area contributed by atoms with E-state index in [9.17, 15) is 17.6 Å². The molecular weight excluding hydrogens is 360 g/mol. The molecule has 1 N–H and O–H groups in total. The molecule has 0 amide bonds. The first kappa shape index (κ1) is 17.7.